The molecule has 0 aliphatic rings. The first-order valence-electron chi connectivity index (χ1n) is 8.34. The van der Waals surface area contributed by atoms with Crippen LogP contribution in [0.15, 0.2) is 54.9 Å². The number of hydrogen-bond donors (Lipinski definition) is 1. The first kappa shape index (κ1) is 17.8. The predicted octanol–water partition coefficient (Wildman–Crippen LogP) is 4.63. The zero-order chi connectivity index (χ0) is 18.6. The summed E-state index contributed by atoms with van der Waals surface area (Å²) in [5.41, 5.74) is 2.65. The van der Waals surface area contributed by atoms with E-state index in [1.165, 1.54) is 18.0 Å². The molecule has 0 unspecified atom stereocenters. The van der Waals surface area contributed by atoms with Gasteiger partial charge in [0.05, 0.1) is 0 Å². The van der Waals surface area contributed by atoms with Crippen LogP contribution >= 0.6 is 0 Å². The van der Waals surface area contributed by atoms with Crippen molar-refractivity contribution in [3.8, 4) is 6.01 Å². The van der Waals surface area contributed by atoms with Gasteiger partial charge in [-0.05, 0) is 29.2 Å². The van der Waals surface area contributed by atoms with Crippen LogP contribution in [0.2, 0.25) is 0 Å². The van der Waals surface area contributed by atoms with E-state index in [0.29, 0.717) is 11.5 Å². The molecule has 26 heavy (non-hydrogen) atoms. The molecule has 0 amide bonds. The Morgan fingerprint density at radius 3 is 2.42 bits per heavy atom. The molecule has 2 aromatic carbocycles. The van der Waals surface area contributed by atoms with Crippen LogP contribution in [-0.4, -0.2) is 15.0 Å². The van der Waals surface area contributed by atoms with Gasteiger partial charge in [0.25, 0.3) is 0 Å². The summed E-state index contributed by atoms with van der Waals surface area (Å²) in [6.45, 7) is 6.55. The lowest BCUT2D eigenvalue weighted by molar-refractivity contribution is 0.275. The van der Waals surface area contributed by atoms with Crippen LogP contribution in [0.5, 0.6) is 6.01 Å². The highest BCUT2D eigenvalue weighted by Crippen LogP contribution is 2.24. The van der Waals surface area contributed by atoms with Crippen LogP contribution in [0.4, 0.5) is 16.0 Å². The molecule has 0 saturated heterocycles. The van der Waals surface area contributed by atoms with Gasteiger partial charge in [-0.3, -0.25) is 0 Å². The van der Waals surface area contributed by atoms with Gasteiger partial charge in [-0.2, -0.15) is 9.97 Å². The van der Waals surface area contributed by atoms with Crippen molar-refractivity contribution in [2.75, 3.05) is 5.32 Å². The summed E-state index contributed by atoms with van der Waals surface area (Å²) in [5.74, 6) is 0.0471. The van der Waals surface area contributed by atoms with Gasteiger partial charge in [0, 0.05) is 11.3 Å². The van der Waals surface area contributed by atoms with Crippen molar-refractivity contribution in [2.24, 2.45) is 0 Å². The minimum Gasteiger partial charge on any atom is -0.458 e. The largest absolute Gasteiger partial charge is 0.458 e. The predicted molar refractivity (Wildman–Crippen MR) is 99.0 cm³/mol. The third-order valence-electron chi connectivity index (χ3n) is 3.87. The first-order chi connectivity index (χ1) is 12.4. The molecule has 0 atom stereocenters. The highest BCUT2D eigenvalue weighted by atomic mass is 19.1. The number of halogens is 1. The number of hydrogen-bond acceptors (Lipinski definition) is 5. The number of nitrogens with zero attached hydrogens (tertiary/aromatic N) is 3. The molecule has 0 aliphatic heterocycles. The van der Waals surface area contributed by atoms with Crippen LogP contribution in [0.3, 0.4) is 0 Å². The van der Waals surface area contributed by atoms with Crippen molar-refractivity contribution in [1.29, 1.82) is 0 Å². The maximum Gasteiger partial charge on any atom is 0.321 e. The van der Waals surface area contributed by atoms with E-state index in [0.717, 1.165) is 5.69 Å². The summed E-state index contributed by atoms with van der Waals surface area (Å²) in [6.07, 6.45) is 1.36. The molecular weight excluding hydrogens is 331 g/mol. The van der Waals surface area contributed by atoms with Crippen molar-refractivity contribution in [2.45, 2.75) is 32.8 Å². The molecule has 0 spiro atoms. The lowest BCUT2D eigenvalue weighted by atomic mass is 9.87. The molecule has 6 heteroatoms. The van der Waals surface area contributed by atoms with Gasteiger partial charge in [-0.1, -0.05) is 51.1 Å². The molecule has 1 N–H and O–H groups in total. The van der Waals surface area contributed by atoms with Gasteiger partial charge in [0.1, 0.15) is 18.8 Å². The number of ether oxygens (including phenoxy) is 1. The van der Waals surface area contributed by atoms with E-state index < -0.39 is 0 Å². The van der Waals surface area contributed by atoms with Crippen molar-refractivity contribution >= 4 is 11.6 Å². The summed E-state index contributed by atoms with van der Waals surface area (Å²) in [7, 11) is 0. The van der Waals surface area contributed by atoms with Gasteiger partial charge >= 0.3 is 6.01 Å². The lowest BCUT2D eigenvalue weighted by Crippen LogP contribution is -2.10. The van der Waals surface area contributed by atoms with E-state index >= 15 is 0 Å². The molecule has 0 radical (unpaired) electrons. The van der Waals surface area contributed by atoms with Gasteiger partial charge in [0.2, 0.25) is 5.95 Å². The van der Waals surface area contributed by atoms with Crippen LogP contribution in [0.25, 0.3) is 0 Å². The van der Waals surface area contributed by atoms with Crippen molar-refractivity contribution < 1.29 is 9.13 Å². The Morgan fingerprint density at radius 2 is 1.73 bits per heavy atom. The van der Waals surface area contributed by atoms with Crippen LogP contribution in [0, 0.1) is 5.82 Å². The van der Waals surface area contributed by atoms with Gasteiger partial charge in [0.15, 0.2) is 0 Å². The first-order valence-corrected chi connectivity index (χ1v) is 8.34. The second-order valence-electron chi connectivity index (χ2n) is 6.92. The van der Waals surface area contributed by atoms with E-state index in [9.17, 15) is 4.39 Å². The van der Waals surface area contributed by atoms with E-state index in [1.807, 2.05) is 12.1 Å². The molecular formula is C20H21FN4O. The fourth-order valence-corrected chi connectivity index (χ4v) is 2.35. The van der Waals surface area contributed by atoms with Crippen molar-refractivity contribution in [1.82, 2.24) is 15.0 Å². The van der Waals surface area contributed by atoms with E-state index in [-0.39, 0.29) is 23.8 Å². The van der Waals surface area contributed by atoms with Crippen molar-refractivity contribution in [3.63, 3.8) is 0 Å². The van der Waals surface area contributed by atoms with E-state index in [4.69, 9.17) is 4.74 Å². The van der Waals surface area contributed by atoms with Crippen molar-refractivity contribution in [3.05, 3.63) is 71.8 Å². The highest BCUT2D eigenvalue weighted by molar-refractivity contribution is 5.54. The Hall–Kier alpha value is -3.02. The SMILES string of the molecule is CC(C)(C)c1ccc(Nc2ncnc(OCc3ccccc3F)n2)cc1. The minimum atomic E-state index is -0.321. The average Bonchev–Trinajstić information content (AvgIpc) is 2.61. The number of rotatable bonds is 5. The summed E-state index contributed by atoms with van der Waals surface area (Å²) in [4.78, 5) is 12.3. The van der Waals surface area contributed by atoms with Gasteiger partial charge in [-0.15, -0.1) is 0 Å². The Balaban J connectivity index is 1.66. The van der Waals surface area contributed by atoms with Crippen LogP contribution < -0.4 is 10.1 Å². The van der Waals surface area contributed by atoms with E-state index in [1.54, 1.807) is 18.2 Å². The molecule has 1 aromatic heterocycles. The molecule has 1 heterocycles. The minimum absolute atomic E-state index is 0.0520. The monoisotopic (exact) mass is 352 g/mol. The lowest BCUT2D eigenvalue weighted by Gasteiger charge is -2.19. The summed E-state index contributed by atoms with van der Waals surface area (Å²) in [5, 5.41) is 3.12. The van der Waals surface area contributed by atoms with Crippen LogP contribution in [0.1, 0.15) is 31.9 Å². The maximum atomic E-state index is 13.6. The number of nitrogens with one attached hydrogen (secondary N) is 1. The zero-order valence-electron chi connectivity index (χ0n) is 15.0. The smallest absolute Gasteiger partial charge is 0.321 e. The van der Waals surface area contributed by atoms with Gasteiger partial charge in [-0.25, -0.2) is 9.37 Å². The normalized spacial score (nSPS) is 11.2. The third kappa shape index (κ3) is 4.53. The Labute approximate surface area is 152 Å². The molecule has 3 rings (SSSR count). The molecule has 3 aromatic rings. The summed E-state index contributed by atoms with van der Waals surface area (Å²) < 4.78 is 19.1. The molecule has 0 saturated carbocycles. The highest BCUT2D eigenvalue weighted by Gasteiger charge is 2.13. The number of anilines is 2. The fraction of sp³-hybridized carbons (Fsp3) is 0.250. The number of benzene rings is 2. The average molecular weight is 352 g/mol. The van der Waals surface area contributed by atoms with E-state index in [2.05, 4.69) is 53.2 Å². The number of aromatic nitrogens is 3. The summed E-state index contributed by atoms with van der Waals surface area (Å²) >= 11 is 0. The second kappa shape index (κ2) is 7.47. The molecule has 134 valence electrons. The molecule has 0 fully saturated rings. The quantitative estimate of drug-likeness (QED) is 0.725. The maximum absolute atomic E-state index is 13.6. The second-order valence-corrected chi connectivity index (χ2v) is 6.92. The molecule has 5 nitrogen and oxygen atoms in total. The Morgan fingerprint density at radius 1 is 1.00 bits per heavy atom. The zero-order valence-corrected chi connectivity index (χ0v) is 15.0. The summed E-state index contributed by atoms with van der Waals surface area (Å²) in [6, 6.07) is 14.7. The molecule has 0 bridgehead atoms. The van der Waals surface area contributed by atoms with Crippen LogP contribution in [-0.2, 0) is 12.0 Å². The molecule has 0 aliphatic carbocycles. The Bertz CT molecular complexity index is 875. The Kier molecular flexibility index (Phi) is 5.11. The topological polar surface area (TPSA) is 59.9 Å². The third-order valence-corrected chi connectivity index (χ3v) is 3.87. The standard InChI is InChI=1S/C20H21FN4O/c1-20(2,3)15-8-10-16(11-9-15)24-18-22-13-23-19(25-18)26-12-14-6-4-5-7-17(14)21/h4-11,13H,12H2,1-3H3,(H,22,23,24,25). The fourth-order valence-electron chi connectivity index (χ4n) is 2.35. The van der Waals surface area contributed by atoms with Gasteiger partial charge < -0.3 is 10.1 Å².